The van der Waals surface area contributed by atoms with Gasteiger partial charge in [0.25, 0.3) is 0 Å². The molecule has 0 heterocycles. The summed E-state index contributed by atoms with van der Waals surface area (Å²) in [5, 5.41) is 5.61. The van der Waals surface area contributed by atoms with Crippen LogP contribution in [0.15, 0.2) is 30.3 Å². The van der Waals surface area contributed by atoms with Crippen molar-refractivity contribution in [3.8, 4) is 0 Å². The Bertz CT molecular complexity index is 316. The standard InChI is InChI=1S/C13H20N2OS/c1-2-8-14-13(16)15-9-10-17-11-12-6-4-3-5-7-12/h3-7H,2,8-11H2,1H3,(H2,14,15,16). The second kappa shape index (κ2) is 8.93. The minimum absolute atomic E-state index is 0.0628. The van der Waals surface area contributed by atoms with Crippen LogP contribution in [0.25, 0.3) is 0 Å². The van der Waals surface area contributed by atoms with Crippen LogP contribution in [0.1, 0.15) is 18.9 Å². The molecule has 0 bridgehead atoms. The topological polar surface area (TPSA) is 41.1 Å². The van der Waals surface area contributed by atoms with E-state index in [4.69, 9.17) is 0 Å². The van der Waals surface area contributed by atoms with Gasteiger partial charge in [0.15, 0.2) is 0 Å². The molecular weight excluding hydrogens is 232 g/mol. The number of benzene rings is 1. The zero-order chi connectivity index (χ0) is 12.3. The molecule has 3 nitrogen and oxygen atoms in total. The van der Waals surface area contributed by atoms with Gasteiger partial charge < -0.3 is 10.6 Å². The zero-order valence-electron chi connectivity index (χ0n) is 10.2. The molecule has 0 saturated heterocycles. The van der Waals surface area contributed by atoms with E-state index in [0.29, 0.717) is 6.54 Å². The smallest absolute Gasteiger partial charge is 0.314 e. The molecule has 0 aliphatic heterocycles. The molecule has 1 rings (SSSR count). The summed E-state index contributed by atoms with van der Waals surface area (Å²) in [6.45, 7) is 3.49. The molecule has 0 radical (unpaired) electrons. The minimum atomic E-state index is -0.0628. The quantitative estimate of drug-likeness (QED) is 0.732. The van der Waals surface area contributed by atoms with Crippen LogP contribution in [0, 0.1) is 0 Å². The molecule has 2 amide bonds. The van der Waals surface area contributed by atoms with E-state index in [1.54, 1.807) is 0 Å². The van der Waals surface area contributed by atoms with Crippen molar-refractivity contribution < 1.29 is 4.79 Å². The first kappa shape index (κ1) is 13.9. The minimum Gasteiger partial charge on any atom is -0.338 e. The molecule has 1 aromatic rings. The Hall–Kier alpha value is -1.16. The molecule has 0 aliphatic carbocycles. The Kier molecular flexibility index (Phi) is 7.30. The Labute approximate surface area is 107 Å². The van der Waals surface area contributed by atoms with E-state index in [2.05, 4.69) is 22.8 Å². The number of urea groups is 1. The van der Waals surface area contributed by atoms with Gasteiger partial charge in [0, 0.05) is 24.6 Å². The summed E-state index contributed by atoms with van der Waals surface area (Å²) >= 11 is 1.83. The maximum atomic E-state index is 11.2. The van der Waals surface area contributed by atoms with Crippen LogP contribution < -0.4 is 10.6 Å². The Balaban J connectivity index is 1.99. The number of hydrogen-bond acceptors (Lipinski definition) is 2. The molecule has 2 N–H and O–H groups in total. The molecule has 0 saturated carbocycles. The van der Waals surface area contributed by atoms with E-state index in [9.17, 15) is 4.79 Å². The molecule has 4 heteroatoms. The zero-order valence-corrected chi connectivity index (χ0v) is 11.1. The highest BCUT2D eigenvalue weighted by atomic mass is 32.2. The largest absolute Gasteiger partial charge is 0.338 e. The van der Waals surface area contributed by atoms with E-state index in [0.717, 1.165) is 24.5 Å². The Morgan fingerprint density at radius 1 is 1.18 bits per heavy atom. The molecule has 0 aliphatic rings. The van der Waals surface area contributed by atoms with Crippen LogP contribution >= 0.6 is 11.8 Å². The average molecular weight is 252 g/mol. The van der Waals surface area contributed by atoms with Crippen LogP contribution in [0.5, 0.6) is 0 Å². The first-order valence-corrected chi connectivity index (χ1v) is 7.11. The fraction of sp³-hybridized carbons (Fsp3) is 0.462. The van der Waals surface area contributed by atoms with Crippen molar-refractivity contribution in [2.45, 2.75) is 19.1 Å². The number of amides is 2. The van der Waals surface area contributed by atoms with E-state index >= 15 is 0 Å². The monoisotopic (exact) mass is 252 g/mol. The summed E-state index contributed by atoms with van der Waals surface area (Å²) < 4.78 is 0. The normalized spacial score (nSPS) is 9.94. The van der Waals surface area contributed by atoms with Gasteiger partial charge in [0.05, 0.1) is 0 Å². The summed E-state index contributed by atoms with van der Waals surface area (Å²) in [6, 6.07) is 10.3. The number of thioether (sulfide) groups is 1. The summed E-state index contributed by atoms with van der Waals surface area (Å²) in [6.07, 6.45) is 0.968. The average Bonchev–Trinajstić information content (AvgIpc) is 2.37. The highest BCUT2D eigenvalue weighted by Gasteiger charge is 1.97. The number of rotatable bonds is 7. The molecule has 1 aromatic carbocycles. The molecular formula is C13H20N2OS. The van der Waals surface area contributed by atoms with Gasteiger partial charge in [-0.2, -0.15) is 11.8 Å². The molecule has 0 spiro atoms. The van der Waals surface area contributed by atoms with Gasteiger partial charge in [-0.3, -0.25) is 0 Å². The summed E-state index contributed by atoms with van der Waals surface area (Å²) in [5.41, 5.74) is 1.33. The summed E-state index contributed by atoms with van der Waals surface area (Å²) in [7, 11) is 0. The molecule has 0 unspecified atom stereocenters. The lowest BCUT2D eigenvalue weighted by Crippen LogP contribution is -2.36. The van der Waals surface area contributed by atoms with E-state index < -0.39 is 0 Å². The van der Waals surface area contributed by atoms with Crippen LogP contribution in [0.3, 0.4) is 0 Å². The number of nitrogens with one attached hydrogen (secondary N) is 2. The first-order valence-electron chi connectivity index (χ1n) is 5.96. The molecule has 0 fully saturated rings. The predicted molar refractivity (Wildman–Crippen MR) is 74.3 cm³/mol. The lowest BCUT2D eigenvalue weighted by atomic mass is 10.2. The third kappa shape index (κ3) is 6.89. The second-order valence-corrected chi connectivity index (χ2v) is 4.83. The maximum absolute atomic E-state index is 11.2. The van der Waals surface area contributed by atoms with Crippen LogP contribution in [0.4, 0.5) is 4.79 Å². The highest BCUT2D eigenvalue weighted by molar-refractivity contribution is 7.98. The third-order valence-corrected chi connectivity index (χ3v) is 3.21. The second-order valence-electron chi connectivity index (χ2n) is 3.72. The third-order valence-electron chi connectivity index (χ3n) is 2.18. The highest BCUT2D eigenvalue weighted by Crippen LogP contribution is 2.10. The van der Waals surface area contributed by atoms with Crippen molar-refractivity contribution >= 4 is 17.8 Å². The lowest BCUT2D eigenvalue weighted by molar-refractivity contribution is 0.241. The molecule has 94 valence electrons. The fourth-order valence-electron chi connectivity index (χ4n) is 1.30. The van der Waals surface area contributed by atoms with Crippen LogP contribution in [-0.4, -0.2) is 24.9 Å². The van der Waals surface area contributed by atoms with Gasteiger partial charge in [0.2, 0.25) is 0 Å². The summed E-state index contributed by atoms with van der Waals surface area (Å²) in [4.78, 5) is 11.2. The van der Waals surface area contributed by atoms with Crippen molar-refractivity contribution in [1.29, 1.82) is 0 Å². The Morgan fingerprint density at radius 3 is 2.59 bits per heavy atom. The summed E-state index contributed by atoms with van der Waals surface area (Å²) in [5.74, 6) is 1.94. The van der Waals surface area contributed by atoms with Gasteiger partial charge in [-0.1, -0.05) is 37.3 Å². The Morgan fingerprint density at radius 2 is 1.88 bits per heavy atom. The maximum Gasteiger partial charge on any atom is 0.314 e. The van der Waals surface area contributed by atoms with Crippen molar-refractivity contribution in [3.05, 3.63) is 35.9 Å². The van der Waals surface area contributed by atoms with E-state index in [1.807, 2.05) is 36.9 Å². The molecule has 0 atom stereocenters. The van der Waals surface area contributed by atoms with Crippen molar-refractivity contribution in [1.82, 2.24) is 10.6 Å². The van der Waals surface area contributed by atoms with Gasteiger partial charge in [-0.25, -0.2) is 4.79 Å². The molecule has 0 aromatic heterocycles. The first-order chi connectivity index (χ1) is 8.33. The number of carbonyl (C=O) groups excluding carboxylic acids is 1. The van der Waals surface area contributed by atoms with Crippen LogP contribution in [0.2, 0.25) is 0 Å². The van der Waals surface area contributed by atoms with E-state index in [1.165, 1.54) is 5.56 Å². The van der Waals surface area contributed by atoms with Crippen molar-refractivity contribution in [2.24, 2.45) is 0 Å². The van der Waals surface area contributed by atoms with Crippen molar-refractivity contribution in [3.63, 3.8) is 0 Å². The lowest BCUT2D eigenvalue weighted by Gasteiger charge is -2.06. The van der Waals surface area contributed by atoms with Crippen molar-refractivity contribution in [2.75, 3.05) is 18.8 Å². The van der Waals surface area contributed by atoms with Gasteiger partial charge in [0.1, 0.15) is 0 Å². The van der Waals surface area contributed by atoms with E-state index in [-0.39, 0.29) is 6.03 Å². The van der Waals surface area contributed by atoms with Gasteiger partial charge >= 0.3 is 6.03 Å². The predicted octanol–water partition coefficient (Wildman–Crippen LogP) is 2.63. The SMILES string of the molecule is CCCNC(=O)NCCSCc1ccccc1. The number of hydrogen-bond donors (Lipinski definition) is 2. The number of carbonyl (C=O) groups is 1. The van der Waals surface area contributed by atoms with Crippen LogP contribution in [-0.2, 0) is 5.75 Å². The molecule has 17 heavy (non-hydrogen) atoms. The van der Waals surface area contributed by atoms with Gasteiger partial charge in [-0.05, 0) is 12.0 Å². The van der Waals surface area contributed by atoms with Gasteiger partial charge in [-0.15, -0.1) is 0 Å². The fourth-order valence-corrected chi connectivity index (χ4v) is 2.12.